The van der Waals surface area contributed by atoms with E-state index in [2.05, 4.69) is 9.72 Å². The highest BCUT2D eigenvalue weighted by Crippen LogP contribution is 2.41. The molecule has 1 amide bonds. The molecule has 1 aromatic heterocycles. The summed E-state index contributed by atoms with van der Waals surface area (Å²) in [5.74, 6) is -0.669. The largest absolute Gasteiger partial charge is 0.450 e. The van der Waals surface area contributed by atoms with Crippen molar-refractivity contribution in [3.05, 3.63) is 25.4 Å². The lowest BCUT2D eigenvalue weighted by molar-refractivity contribution is -0.392. The van der Waals surface area contributed by atoms with Gasteiger partial charge < -0.3 is 10.5 Å². The van der Waals surface area contributed by atoms with Crippen molar-refractivity contribution in [2.24, 2.45) is 0 Å². The van der Waals surface area contributed by atoms with E-state index in [0.29, 0.717) is 0 Å². The van der Waals surface area contributed by atoms with Crippen LogP contribution in [0.2, 0.25) is 5.15 Å². The van der Waals surface area contributed by atoms with Gasteiger partial charge in [0.1, 0.15) is 0 Å². The number of carbonyl (C=O) groups is 1. The normalized spacial score (nSPS) is 9.90. The first kappa shape index (κ1) is 15.4. The van der Waals surface area contributed by atoms with Gasteiger partial charge in [0, 0.05) is 0 Å². The second kappa shape index (κ2) is 5.97. The lowest BCUT2D eigenvalue weighted by Crippen LogP contribution is -2.17. The molecular formula is C8H8ClN5O6. The number of ether oxygens (including phenoxy) is 1. The molecule has 0 unspecified atom stereocenters. The van der Waals surface area contributed by atoms with Crippen molar-refractivity contribution >= 4 is 40.6 Å². The van der Waals surface area contributed by atoms with E-state index in [1.807, 2.05) is 5.32 Å². The number of anilines is 2. The van der Waals surface area contributed by atoms with Gasteiger partial charge in [0.15, 0.2) is 0 Å². The van der Waals surface area contributed by atoms with Gasteiger partial charge in [-0.15, -0.1) is 0 Å². The van der Waals surface area contributed by atoms with Gasteiger partial charge in [-0.25, -0.2) is 9.78 Å². The Balaban J connectivity index is 3.52. The van der Waals surface area contributed by atoms with Gasteiger partial charge in [-0.1, -0.05) is 11.6 Å². The molecule has 0 saturated carbocycles. The summed E-state index contributed by atoms with van der Waals surface area (Å²) in [6, 6.07) is 0. The van der Waals surface area contributed by atoms with Crippen LogP contribution in [-0.4, -0.2) is 27.5 Å². The van der Waals surface area contributed by atoms with E-state index in [1.54, 1.807) is 0 Å². The van der Waals surface area contributed by atoms with E-state index >= 15 is 0 Å². The van der Waals surface area contributed by atoms with Crippen molar-refractivity contribution in [2.75, 3.05) is 17.7 Å². The van der Waals surface area contributed by atoms with Crippen LogP contribution in [0.1, 0.15) is 6.92 Å². The van der Waals surface area contributed by atoms with E-state index in [0.717, 1.165) is 0 Å². The van der Waals surface area contributed by atoms with Crippen molar-refractivity contribution < 1.29 is 19.4 Å². The first-order chi connectivity index (χ1) is 9.29. The molecule has 1 aromatic rings. The number of halogens is 1. The van der Waals surface area contributed by atoms with Crippen LogP contribution in [0, 0.1) is 20.2 Å². The van der Waals surface area contributed by atoms with Crippen molar-refractivity contribution in [1.29, 1.82) is 0 Å². The number of nitrogen functional groups attached to an aromatic ring is 1. The van der Waals surface area contributed by atoms with Crippen molar-refractivity contribution in [1.82, 2.24) is 4.98 Å². The van der Waals surface area contributed by atoms with Gasteiger partial charge in [0.05, 0.1) is 16.5 Å². The zero-order chi connectivity index (χ0) is 15.4. The lowest BCUT2D eigenvalue weighted by atomic mass is 10.3. The molecule has 0 aliphatic heterocycles. The van der Waals surface area contributed by atoms with Crippen molar-refractivity contribution in [3.63, 3.8) is 0 Å². The molecule has 108 valence electrons. The predicted octanol–water partition coefficient (Wildman–Crippen LogP) is 1.70. The highest BCUT2D eigenvalue weighted by molar-refractivity contribution is 6.32. The summed E-state index contributed by atoms with van der Waals surface area (Å²) in [5.41, 5.74) is 2.63. The number of amides is 1. The maximum atomic E-state index is 11.3. The third-order valence-corrected chi connectivity index (χ3v) is 2.26. The van der Waals surface area contributed by atoms with Gasteiger partial charge >= 0.3 is 17.5 Å². The molecule has 20 heavy (non-hydrogen) atoms. The molecule has 3 N–H and O–H groups in total. The molecule has 0 aliphatic rings. The predicted molar refractivity (Wildman–Crippen MR) is 67.6 cm³/mol. The summed E-state index contributed by atoms with van der Waals surface area (Å²) in [5, 5.41) is 23.0. The number of nitrogens with one attached hydrogen (secondary N) is 1. The molecule has 0 bridgehead atoms. The molecule has 11 nitrogen and oxygen atoms in total. The number of nitrogens with two attached hydrogens (primary N) is 1. The summed E-state index contributed by atoms with van der Waals surface area (Å²) >= 11 is 5.52. The second-order valence-corrected chi connectivity index (χ2v) is 3.58. The van der Waals surface area contributed by atoms with Crippen LogP contribution in [0.25, 0.3) is 0 Å². The summed E-state index contributed by atoms with van der Waals surface area (Å²) in [6.07, 6.45) is -1.12. The molecule has 0 radical (unpaired) electrons. The van der Waals surface area contributed by atoms with E-state index < -0.39 is 44.0 Å². The number of rotatable bonds is 4. The maximum Gasteiger partial charge on any atom is 0.412 e. The van der Waals surface area contributed by atoms with Crippen LogP contribution < -0.4 is 11.1 Å². The number of pyridine rings is 1. The minimum atomic E-state index is -1.12. The lowest BCUT2D eigenvalue weighted by Gasteiger charge is -2.08. The summed E-state index contributed by atoms with van der Waals surface area (Å²) in [6.45, 7) is 1.44. The number of nitrogens with zero attached hydrogens (tertiary/aromatic N) is 3. The fourth-order valence-corrected chi connectivity index (χ4v) is 1.55. The fourth-order valence-electron chi connectivity index (χ4n) is 1.29. The Bertz CT molecular complexity index is 553. The zero-order valence-electron chi connectivity index (χ0n) is 9.95. The van der Waals surface area contributed by atoms with Crippen LogP contribution >= 0.6 is 11.6 Å². The molecule has 0 saturated heterocycles. The van der Waals surface area contributed by atoms with E-state index in [-0.39, 0.29) is 6.61 Å². The fraction of sp³-hybridized carbons (Fsp3) is 0.250. The molecule has 0 fully saturated rings. The quantitative estimate of drug-likeness (QED) is 0.482. The van der Waals surface area contributed by atoms with E-state index in [9.17, 15) is 25.0 Å². The highest BCUT2D eigenvalue weighted by Gasteiger charge is 2.34. The van der Waals surface area contributed by atoms with Crippen LogP contribution in [0.5, 0.6) is 0 Å². The maximum absolute atomic E-state index is 11.3. The van der Waals surface area contributed by atoms with Gasteiger partial charge in [0.25, 0.3) is 0 Å². The van der Waals surface area contributed by atoms with E-state index in [4.69, 9.17) is 17.3 Å². The Hall–Kier alpha value is -2.69. The topological polar surface area (TPSA) is 164 Å². The SMILES string of the molecule is CCOC(=O)Nc1c([N+](=O)[O-])c(N)nc(Cl)c1[N+](=O)[O-]. The number of carbonyl (C=O) groups excluding carboxylic acids is 1. The zero-order valence-corrected chi connectivity index (χ0v) is 10.7. The Labute approximate surface area is 116 Å². The Morgan fingerprint density at radius 1 is 1.40 bits per heavy atom. The van der Waals surface area contributed by atoms with Crippen LogP contribution in [0.15, 0.2) is 0 Å². The summed E-state index contributed by atoms with van der Waals surface area (Å²) in [7, 11) is 0. The highest BCUT2D eigenvalue weighted by atomic mass is 35.5. The monoisotopic (exact) mass is 305 g/mol. The number of hydrogen-bond acceptors (Lipinski definition) is 8. The number of aromatic nitrogens is 1. The average molecular weight is 306 g/mol. The number of nitro groups is 2. The van der Waals surface area contributed by atoms with Crippen LogP contribution in [-0.2, 0) is 4.74 Å². The van der Waals surface area contributed by atoms with Gasteiger partial charge in [-0.05, 0) is 6.92 Å². The Morgan fingerprint density at radius 2 is 1.95 bits per heavy atom. The first-order valence-corrected chi connectivity index (χ1v) is 5.38. The summed E-state index contributed by atoms with van der Waals surface area (Å²) < 4.78 is 4.50. The minimum absolute atomic E-state index is 0.0400. The van der Waals surface area contributed by atoms with Crippen LogP contribution in [0.4, 0.5) is 27.7 Å². The molecule has 1 rings (SSSR count). The third kappa shape index (κ3) is 3.00. The Morgan fingerprint density at radius 3 is 2.40 bits per heavy atom. The molecule has 0 aliphatic carbocycles. The van der Waals surface area contributed by atoms with Gasteiger partial charge in [-0.2, -0.15) is 0 Å². The smallest absolute Gasteiger partial charge is 0.412 e. The molecule has 12 heteroatoms. The standard InChI is InChI=1S/C8H8ClN5O6/c1-2-20-8(15)11-3-4(13(16)17)6(9)12-7(10)5(3)14(18)19/h2H2,1H3,(H3,10,11,12,15). The molecule has 0 spiro atoms. The van der Waals surface area contributed by atoms with E-state index in [1.165, 1.54) is 6.92 Å². The van der Waals surface area contributed by atoms with Crippen molar-refractivity contribution in [2.45, 2.75) is 6.92 Å². The summed E-state index contributed by atoms with van der Waals surface area (Å²) in [4.78, 5) is 34.3. The average Bonchev–Trinajstić information content (AvgIpc) is 2.26. The minimum Gasteiger partial charge on any atom is -0.450 e. The second-order valence-electron chi connectivity index (χ2n) is 3.22. The third-order valence-electron chi connectivity index (χ3n) is 2.00. The molecular weight excluding hydrogens is 298 g/mol. The molecule has 1 heterocycles. The first-order valence-electron chi connectivity index (χ1n) is 5.01. The molecule has 0 atom stereocenters. The van der Waals surface area contributed by atoms with Crippen LogP contribution in [0.3, 0.4) is 0 Å². The van der Waals surface area contributed by atoms with Crippen molar-refractivity contribution in [3.8, 4) is 0 Å². The molecule has 0 aromatic carbocycles. The Kier molecular flexibility index (Phi) is 4.59. The van der Waals surface area contributed by atoms with Gasteiger partial charge in [0.2, 0.25) is 16.7 Å². The number of hydrogen-bond donors (Lipinski definition) is 2. The van der Waals surface area contributed by atoms with Gasteiger partial charge in [-0.3, -0.25) is 25.5 Å².